The molecule has 2 N–H and O–H groups in total. The van der Waals surface area contributed by atoms with Crippen molar-refractivity contribution in [3.05, 3.63) is 17.1 Å². The molecule has 0 saturated heterocycles. The van der Waals surface area contributed by atoms with Crippen molar-refractivity contribution in [1.82, 2.24) is 4.72 Å². The molecule has 0 aliphatic rings. The van der Waals surface area contributed by atoms with Crippen molar-refractivity contribution in [1.29, 1.82) is 0 Å². The second kappa shape index (κ2) is 6.64. The molecule has 0 radical (unpaired) electrons. The van der Waals surface area contributed by atoms with Gasteiger partial charge in [0.2, 0.25) is 10.0 Å². The van der Waals surface area contributed by atoms with Crippen molar-refractivity contribution < 1.29 is 22.7 Å². The van der Waals surface area contributed by atoms with Crippen LogP contribution in [0.5, 0.6) is 0 Å². The number of rotatable bonds is 7. The van der Waals surface area contributed by atoms with Crippen LogP contribution in [0.4, 0.5) is 0 Å². The molecule has 0 spiro atoms. The Morgan fingerprint density at radius 1 is 1.40 bits per heavy atom. The van der Waals surface area contributed by atoms with Crippen LogP contribution in [-0.2, 0) is 10.0 Å². The van der Waals surface area contributed by atoms with Crippen LogP contribution < -0.4 is 4.72 Å². The van der Waals surface area contributed by atoms with Crippen LogP contribution >= 0.6 is 11.8 Å². The summed E-state index contributed by atoms with van der Waals surface area (Å²) < 4.78 is 32.0. The Morgan fingerprint density at radius 3 is 2.50 bits per heavy atom. The van der Waals surface area contributed by atoms with Crippen molar-refractivity contribution >= 4 is 27.8 Å². The van der Waals surface area contributed by atoms with Crippen molar-refractivity contribution in [2.24, 2.45) is 0 Å². The molecule has 6 nitrogen and oxygen atoms in total. The Morgan fingerprint density at radius 2 is 2.00 bits per heavy atom. The number of sulfonamides is 1. The molecule has 1 aromatic heterocycles. The predicted molar refractivity (Wildman–Crippen MR) is 77.9 cm³/mol. The third-order valence-electron chi connectivity index (χ3n) is 2.93. The fourth-order valence-electron chi connectivity index (χ4n) is 1.82. The zero-order valence-electron chi connectivity index (χ0n) is 11.9. The summed E-state index contributed by atoms with van der Waals surface area (Å²) in [4.78, 5) is 10.9. The molecular formula is C12H19NO5S2. The third kappa shape index (κ3) is 3.77. The van der Waals surface area contributed by atoms with Gasteiger partial charge < -0.3 is 9.52 Å². The second-order valence-electron chi connectivity index (χ2n) is 4.46. The maximum absolute atomic E-state index is 12.2. The summed E-state index contributed by atoms with van der Waals surface area (Å²) in [6, 6.07) is 0. The third-order valence-corrected chi connectivity index (χ3v) is 5.59. The fourth-order valence-corrected chi connectivity index (χ4v) is 3.63. The molecule has 1 heterocycles. The first-order valence-electron chi connectivity index (χ1n) is 6.06. The fraction of sp³-hybridized carbons (Fsp3) is 0.583. The average Bonchev–Trinajstić information content (AvgIpc) is 2.64. The van der Waals surface area contributed by atoms with Crippen molar-refractivity contribution in [3.8, 4) is 0 Å². The molecule has 1 atom stereocenters. The lowest BCUT2D eigenvalue weighted by atomic mass is 10.2. The predicted octanol–water partition coefficient (Wildman–Crippen LogP) is 2.01. The normalized spacial score (nSPS) is 13.4. The van der Waals surface area contributed by atoms with E-state index in [0.717, 1.165) is 0 Å². The largest absolute Gasteiger partial charge is 0.478 e. The molecular weight excluding hydrogens is 302 g/mol. The van der Waals surface area contributed by atoms with Crippen LogP contribution in [0.3, 0.4) is 0 Å². The van der Waals surface area contributed by atoms with E-state index in [1.807, 2.05) is 13.2 Å². The van der Waals surface area contributed by atoms with Crippen LogP contribution in [-0.4, -0.2) is 37.5 Å². The number of hydrogen-bond acceptors (Lipinski definition) is 5. The molecule has 0 aliphatic carbocycles. The molecule has 0 aliphatic heterocycles. The van der Waals surface area contributed by atoms with E-state index in [2.05, 4.69) is 4.72 Å². The van der Waals surface area contributed by atoms with Gasteiger partial charge in [-0.1, -0.05) is 6.92 Å². The van der Waals surface area contributed by atoms with E-state index < -0.39 is 16.0 Å². The Labute approximate surface area is 123 Å². The Bertz CT molecular complexity index is 591. The zero-order chi connectivity index (χ0) is 15.5. The average molecular weight is 321 g/mol. The molecule has 114 valence electrons. The molecule has 20 heavy (non-hydrogen) atoms. The summed E-state index contributed by atoms with van der Waals surface area (Å²) in [6.45, 7) is 5.13. The van der Waals surface area contributed by atoms with E-state index in [4.69, 9.17) is 9.52 Å². The number of carboxylic acid groups (broad SMARTS) is 1. The number of carbonyl (C=O) groups is 1. The Kier molecular flexibility index (Phi) is 5.67. The molecule has 0 fully saturated rings. The SMILES string of the molecule is CSC(C)CCNS(=O)(=O)c1c(C)oc(C)c1C(=O)O. The van der Waals surface area contributed by atoms with Crippen LogP contribution in [0.2, 0.25) is 0 Å². The maximum atomic E-state index is 12.2. The summed E-state index contributed by atoms with van der Waals surface area (Å²) in [5.74, 6) is -1.13. The molecule has 1 rings (SSSR count). The van der Waals surface area contributed by atoms with E-state index >= 15 is 0 Å². The highest BCUT2D eigenvalue weighted by Crippen LogP contribution is 2.26. The van der Waals surface area contributed by atoms with E-state index in [9.17, 15) is 13.2 Å². The minimum absolute atomic E-state index is 0.0883. The Hall–Kier alpha value is -0.990. The first-order chi connectivity index (χ1) is 9.20. The molecule has 8 heteroatoms. The quantitative estimate of drug-likeness (QED) is 0.797. The molecule has 0 aromatic carbocycles. The van der Waals surface area contributed by atoms with E-state index in [1.165, 1.54) is 13.8 Å². The minimum Gasteiger partial charge on any atom is -0.478 e. The van der Waals surface area contributed by atoms with E-state index in [-0.39, 0.29) is 28.5 Å². The first-order valence-corrected chi connectivity index (χ1v) is 8.83. The number of aromatic carboxylic acids is 1. The van der Waals surface area contributed by atoms with Gasteiger partial charge in [-0.05, 0) is 26.5 Å². The van der Waals surface area contributed by atoms with Crippen LogP contribution in [0.1, 0.15) is 35.2 Å². The second-order valence-corrected chi connectivity index (χ2v) is 7.44. The number of thioether (sulfide) groups is 1. The van der Waals surface area contributed by atoms with Gasteiger partial charge in [0.25, 0.3) is 0 Å². The van der Waals surface area contributed by atoms with Gasteiger partial charge in [-0.3, -0.25) is 0 Å². The van der Waals surface area contributed by atoms with Gasteiger partial charge in [0.1, 0.15) is 22.0 Å². The highest BCUT2D eigenvalue weighted by Gasteiger charge is 2.30. The molecule has 0 bridgehead atoms. The summed E-state index contributed by atoms with van der Waals surface area (Å²) in [5.41, 5.74) is -0.298. The van der Waals surface area contributed by atoms with Crippen LogP contribution in [0.15, 0.2) is 9.31 Å². The highest BCUT2D eigenvalue weighted by atomic mass is 32.2. The zero-order valence-corrected chi connectivity index (χ0v) is 13.5. The molecule has 0 saturated carbocycles. The van der Waals surface area contributed by atoms with Crippen LogP contribution in [0.25, 0.3) is 0 Å². The maximum Gasteiger partial charge on any atom is 0.340 e. The lowest BCUT2D eigenvalue weighted by molar-refractivity contribution is 0.0691. The standard InChI is InChI=1S/C12H19NO5S2/c1-7(19-4)5-6-13-20(16,17)11-9(3)18-8(2)10(11)12(14)15/h7,13H,5-6H2,1-4H3,(H,14,15). The summed E-state index contributed by atoms with van der Waals surface area (Å²) in [5, 5.41) is 9.44. The highest BCUT2D eigenvalue weighted by molar-refractivity contribution is 7.99. The van der Waals surface area contributed by atoms with Gasteiger partial charge in [-0.2, -0.15) is 11.8 Å². The van der Waals surface area contributed by atoms with E-state index in [0.29, 0.717) is 11.7 Å². The number of hydrogen-bond donors (Lipinski definition) is 2. The summed E-state index contributed by atoms with van der Waals surface area (Å²) in [6.07, 6.45) is 2.62. The number of aryl methyl sites for hydroxylation is 2. The molecule has 1 unspecified atom stereocenters. The lowest BCUT2D eigenvalue weighted by Crippen LogP contribution is -2.27. The van der Waals surface area contributed by atoms with Gasteiger partial charge in [0.05, 0.1) is 0 Å². The number of carboxylic acids is 1. The van der Waals surface area contributed by atoms with Gasteiger partial charge in [-0.15, -0.1) is 0 Å². The molecule has 1 aromatic rings. The molecule has 0 amide bonds. The topological polar surface area (TPSA) is 96.6 Å². The van der Waals surface area contributed by atoms with Gasteiger partial charge in [0.15, 0.2) is 0 Å². The summed E-state index contributed by atoms with van der Waals surface area (Å²) in [7, 11) is -3.88. The van der Waals surface area contributed by atoms with E-state index in [1.54, 1.807) is 11.8 Å². The first kappa shape index (κ1) is 17.1. The van der Waals surface area contributed by atoms with Crippen molar-refractivity contribution in [2.75, 3.05) is 12.8 Å². The Balaban J connectivity index is 3.01. The number of furan rings is 1. The van der Waals surface area contributed by atoms with Crippen molar-refractivity contribution in [3.63, 3.8) is 0 Å². The van der Waals surface area contributed by atoms with Gasteiger partial charge in [-0.25, -0.2) is 17.9 Å². The van der Waals surface area contributed by atoms with Crippen molar-refractivity contribution in [2.45, 2.75) is 37.3 Å². The van der Waals surface area contributed by atoms with Gasteiger partial charge >= 0.3 is 5.97 Å². The van der Waals surface area contributed by atoms with Gasteiger partial charge in [0, 0.05) is 11.8 Å². The number of nitrogens with one attached hydrogen (secondary N) is 1. The smallest absolute Gasteiger partial charge is 0.340 e. The monoisotopic (exact) mass is 321 g/mol. The minimum atomic E-state index is -3.88. The lowest BCUT2D eigenvalue weighted by Gasteiger charge is -2.10. The van der Waals surface area contributed by atoms with Crippen LogP contribution in [0, 0.1) is 13.8 Å². The summed E-state index contributed by atoms with van der Waals surface area (Å²) >= 11 is 1.64.